The number of H-pyrrole nitrogens is 1. The van der Waals surface area contributed by atoms with Crippen LogP contribution in [-0.4, -0.2) is 23.9 Å². The van der Waals surface area contributed by atoms with Crippen molar-refractivity contribution in [3.8, 4) is 0 Å². The Hall–Kier alpha value is -1.68. The Morgan fingerprint density at radius 2 is 2.29 bits per heavy atom. The van der Waals surface area contributed by atoms with Gasteiger partial charge < -0.3 is 10.3 Å². The van der Waals surface area contributed by atoms with Crippen molar-refractivity contribution in [3.05, 3.63) is 35.8 Å². The van der Waals surface area contributed by atoms with Crippen LogP contribution in [0.4, 0.5) is 4.39 Å². The molecule has 1 fully saturated rings. The largest absolute Gasteiger partial charge is 0.359 e. The number of aromatic amines is 1. The number of fused-ring (bicyclic) bond motifs is 1. The average Bonchev–Trinajstić information content (AvgIpc) is 2.97. The maximum Gasteiger partial charge on any atom is 0.170 e. The molecule has 2 N–H and O–H groups in total. The monoisotopic (exact) mass is 288 g/mol. The summed E-state index contributed by atoms with van der Waals surface area (Å²) in [6.07, 6.45) is 5.40. The van der Waals surface area contributed by atoms with E-state index in [1.807, 2.05) is 6.07 Å². The summed E-state index contributed by atoms with van der Waals surface area (Å²) >= 11 is 0. The van der Waals surface area contributed by atoms with Crippen molar-refractivity contribution in [1.29, 1.82) is 0 Å². The highest BCUT2D eigenvalue weighted by Crippen LogP contribution is 2.36. The maximum absolute atomic E-state index is 14.1. The van der Waals surface area contributed by atoms with Gasteiger partial charge in [-0.2, -0.15) is 0 Å². The van der Waals surface area contributed by atoms with Gasteiger partial charge in [0.2, 0.25) is 0 Å². The van der Waals surface area contributed by atoms with E-state index in [1.54, 1.807) is 12.3 Å². The Kier molecular flexibility index (Phi) is 3.81. The summed E-state index contributed by atoms with van der Waals surface area (Å²) in [7, 11) is 0. The van der Waals surface area contributed by atoms with Gasteiger partial charge in [-0.3, -0.25) is 4.79 Å². The Bertz CT molecular complexity index is 650. The summed E-state index contributed by atoms with van der Waals surface area (Å²) in [5.74, 6) is -0.269. The molecule has 1 atom stereocenters. The van der Waals surface area contributed by atoms with Crippen LogP contribution >= 0.6 is 0 Å². The average molecular weight is 288 g/mol. The fourth-order valence-electron chi connectivity index (χ4n) is 3.53. The molecule has 0 unspecified atom stereocenters. The van der Waals surface area contributed by atoms with E-state index in [1.165, 1.54) is 6.07 Å². The number of nitrogens with one attached hydrogen (secondary N) is 2. The van der Waals surface area contributed by atoms with E-state index in [9.17, 15) is 9.18 Å². The lowest BCUT2D eigenvalue weighted by molar-refractivity contribution is 0.0717. The van der Waals surface area contributed by atoms with Crippen LogP contribution in [0.2, 0.25) is 0 Å². The molecule has 1 aliphatic heterocycles. The normalized spacial score (nSPS) is 22.6. The molecule has 3 rings (SSSR count). The third-order valence-electron chi connectivity index (χ3n) is 4.56. The van der Waals surface area contributed by atoms with Crippen LogP contribution in [0.1, 0.15) is 43.0 Å². The summed E-state index contributed by atoms with van der Waals surface area (Å²) in [6.45, 7) is 3.76. The molecule has 1 aromatic carbocycles. The van der Waals surface area contributed by atoms with Gasteiger partial charge in [-0.15, -0.1) is 0 Å². The van der Waals surface area contributed by atoms with Gasteiger partial charge in [0.05, 0.1) is 5.52 Å². The third kappa shape index (κ3) is 2.48. The summed E-state index contributed by atoms with van der Waals surface area (Å²) < 4.78 is 14.1. The molecule has 4 heteroatoms. The second kappa shape index (κ2) is 5.60. The first kappa shape index (κ1) is 14.3. The van der Waals surface area contributed by atoms with Crippen LogP contribution in [-0.2, 0) is 0 Å². The first-order valence-corrected chi connectivity index (χ1v) is 7.68. The predicted molar refractivity (Wildman–Crippen MR) is 82.0 cm³/mol. The van der Waals surface area contributed by atoms with Crippen LogP contribution in [0.5, 0.6) is 0 Å². The highest BCUT2D eigenvalue weighted by atomic mass is 19.1. The molecule has 0 spiro atoms. The summed E-state index contributed by atoms with van der Waals surface area (Å²) in [6, 6.07) is 5.00. The van der Waals surface area contributed by atoms with Gasteiger partial charge in [-0.25, -0.2) is 4.39 Å². The molecular weight excluding hydrogens is 267 g/mol. The van der Waals surface area contributed by atoms with E-state index < -0.39 is 0 Å². The van der Waals surface area contributed by atoms with Gasteiger partial charge in [0.25, 0.3) is 0 Å². The van der Waals surface area contributed by atoms with Gasteiger partial charge in [0, 0.05) is 29.1 Å². The van der Waals surface area contributed by atoms with E-state index in [4.69, 9.17) is 0 Å². The molecule has 1 aliphatic rings. The molecule has 0 amide bonds. The fraction of sp³-hybridized carbons (Fsp3) is 0.471. The number of ketones is 1. The van der Waals surface area contributed by atoms with E-state index in [-0.39, 0.29) is 17.0 Å². The SMILES string of the molecule is CCC[C@]1(C(=O)c2cc(F)c3[nH]ccc3c2)CCCNC1. The summed E-state index contributed by atoms with van der Waals surface area (Å²) in [4.78, 5) is 15.9. The third-order valence-corrected chi connectivity index (χ3v) is 4.56. The molecule has 1 saturated heterocycles. The van der Waals surface area contributed by atoms with E-state index >= 15 is 0 Å². The predicted octanol–water partition coefficient (Wildman–Crippen LogP) is 3.66. The number of carbonyl (C=O) groups is 1. The van der Waals surface area contributed by atoms with Crippen molar-refractivity contribution in [2.75, 3.05) is 13.1 Å². The highest BCUT2D eigenvalue weighted by molar-refractivity contribution is 6.03. The van der Waals surface area contributed by atoms with Gasteiger partial charge >= 0.3 is 0 Å². The van der Waals surface area contributed by atoms with Crippen molar-refractivity contribution >= 4 is 16.7 Å². The molecule has 0 radical (unpaired) electrons. The number of halogens is 1. The molecular formula is C17H21FN2O. The first-order valence-electron chi connectivity index (χ1n) is 7.68. The summed E-state index contributed by atoms with van der Waals surface area (Å²) in [5, 5.41) is 4.10. The smallest absolute Gasteiger partial charge is 0.170 e. The Balaban J connectivity index is 2.00. The second-order valence-corrected chi connectivity index (χ2v) is 6.04. The van der Waals surface area contributed by atoms with Crippen LogP contribution in [0.15, 0.2) is 24.4 Å². The second-order valence-electron chi connectivity index (χ2n) is 6.04. The fourth-order valence-corrected chi connectivity index (χ4v) is 3.53. The number of hydrogen-bond donors (Lipinski definition) is 2. The lowest BCUT2D eigenvalue weighted by Crippen LogP contribution is -2.45. The molecule has 1 aromatic heterocycles. The molecule has 3 nitrogen and oxygen atoms in total. The van der Waals surface area contributed by atoms with Crippen LogP contribution in [0, 0.1) is 11.2 Å². The Labute approximate surface area is 123 Å². The zero-order valence-electron chi connectivity index (χ0n) is 12.3. The Morgan fingerprint density at radius 1 is 1.43 bits per heavy atom. The number of piperidine rings is 1. The van der Waals surface area contributed by atoms with Crippen molar-refractivity contribution < 1.29 is 9.18 Å². The minimum absolute atomic E-state index is 0.0820. The number of rotatable bonds is 4. The molecule has 0 bridgehead atoms. The number of hydrogen-bond acceptors (Lipinski definition) is 2. The van der Waals surface area contributed by atoms with Gasteiger partial charge in [-0.1, -0.05) is 13.3 Å². The number of benzene rings is 1. The molecule has 21 heavy (non-hydrogen) atoms. The topological polar surface area (TPSA) is 44.9 Å². The van der Waals surface area contributed by atoms with E-state index in [2.05, 4.69) is 17.2 Å². The van der Waals surface area contributed by atoms with Crippen LogP contribution in [0.3, 0.4) is 0 Å². The lowest BCUT2D eigenvalue weighted by Gasteiger charge is -2.36. The minimum atomic E-state index is -0.372. The number of aromatic nitrogens is 1. The van der Waals surface area contributed by atoms with Crippen molar-refractivity contribution in [2.45, 2.75) is 32.6 Å². The standard InChI is InChI=1S/C17H21FN2O/c1-2-5-17(6-3-7-19-11-17)16(21)13-9-12-4-8-20-15(12)14(18)10-13/h4,8-10,19-20H,2-3,5-7,11H2,1H3/t17-/m0/s1. The van der Waals surface area contributed by atoms with Crippen molar-refractivity contribution in [3.63, 3.8) is 0 Å². The van der Waals surface area contributed by atoms with E-state index in [0.717, 1.165) is 37.6 Å². The molecule has 2 aromatic rings. The van der Waals surface area contributed by atoms with Gasteiger partial charge in [0.1, 0.15) is 5.82 Å². The molecule has 0 saturated carbocycles. The molecule has 112 valence electrons. The maximum atomic E-state index is 14.1. The zero-order chi connectivity index (χ0) is 14.9. The van der Waals surface area contributed by atoms with Crippen LogP contribution < -0.4 is 5.32 Å². The van der Waals surface area contributed by atoms with Crippen molar-refractivity contribution in [2.24, 2.45) is 5.41 Å². The van der Waals surface area contributed by atoms with Gasteiger partial charge in [0.15, 0.2) is 5.78 Å². The summed E-state index contributed by atoms with van der Waals surface area (Å²) in [5.41, 5.74) is 0.596. The zero-order valence-corrected chi connectivity index (χ0v) is 12.3. The first-order chi connectivity index (χ1) is 10.2. The van der Waals surface area contributed by atoms with Crippen LogP contribution in [0.25, 0.3) is 10.9 Å². The molecule has 2 heterocycles. The van der Waals surface area contributed by atoms with Crippen molar-refractivity contribution in [1.82, 2.24) is 10.3 Å². The number of Topliss-reactive ketones (excluding diaryl/α,β-unsaturated/α-hetero) is 1. The Morgan fingerprint density at radius 3 is 3.00 bits per heavy atom. The molecule has 0 aliphatic carbocycles. The van der Waals surface area contributed by atoms with Gasteiger partial charge in [-0.05, 0) is 44.0 Å². The quantitative estimate of drug-likeness (QED) is 0.843. The highest BCUT2D eigenvalue weighted by Gasteiger charge is 2.39. The minimum Gasteiger partial charge on any atom is -0.359 e. The number of carbonyl (C=O) groups excluding carboxylic acids is 1. The van der Waals surface area contributed by atoms with E-state index in [0.29, 0.717) is 17.6 Å². The lowest BCUT2D eigenvalue weighted by atomic mass is 9.71.